The second-order valence-electron chi connectivity index (χ2n) is 6.56. The van der Waals surface area contributed by atoms with Gasteiger partial charge in [-0.2, -0.15) is 0 Å². The van der Waals surface area contributed by atoms with E-state index in [9.17, 15) is 20.2 Å². The van der Waals surface area contributed by atoms with Gasteiger partial charge in [-0.15, -0.1) is 0 Å². The van der Waals surface area contributed by atoms with Crippen LogP contribution >= 0.6 is 0 Å². The van der Waals surface area contributed by atoms with Crippen LogP contribution in [0.2, 0.25) is 0 Å². The van der Waals surface area contributed by atoms with Crippen molar-refractivity contribution in [1.29, 1.82) is 0 Å². The molecule has 0 unspecified atom stereocenters. The van der Waals surface area contributed by atoms with Gasteiger partial charge >= 0.3 is 5.69 Å². The first-order chi connectivity index (χ1) is 15.0. The summed E-state index contributed by atoms with van der Waals surface area (Å²) in [6.45, 7) is 0. The van der Waals surface area contributed by atoms with Crippen molar-refractivity contribution in [2.24, 2.45) is 4.99 Å². The van der Waals surface area contributed by atoms with Crippen molar-refractivity contribution in [2.75, 3.05) is 0 Å². The van der Waals surface area contributed by atoms with E-state index >= 15 is 0 Å². The fourth-order valence-corrected chi connectivity index (χ4v) is 3.12. The third-order valence-corrected chi connectivity index (χ3v) is 4.60. The van der Waals surface area contributed by atoms with Crippen LogP contribution in [0.5, 0.6) is 11.5 Å². The number of nitro groups is 2. The van der Waals surface area contributed by atoms with Crippen molar-refractivity contribution in [2.45, 2.75) is 0 Å². The lowest BCUT2D eigenvalue weighted by atomic mass is 10.0. The van der Waals surface area contributed by atoms with Crippen LogP contribution in [0.3, 0.4) is 0 Å². The van der Waals surface area contributed by atoms with Crippen molar-refractivity contribution < 1.29 is 14.6 Å². The molecule has 0 aromatic heterocycles. The van der Waals surface area contributed by atoms with Crippen LogP contribution in [0.4, 0.5) is 17.1 Å². The number of hydrogen-bond donors (Lipinski definition) is 0. The predicted molar refractivity (Wildman–Crippen MR) is 117 cm³/mol. The molecule has 8 nitrogen and oxygen atoms in total. The van der Waals surface area contributed by atoms with Gasteiger partial charge < -0.3 is 4.74 Å². The summed E-state index contributed by atoms with van der Waals surface area (Å²) in [6, 6.07) is 23.8. The van der Waals surface area contributed by atoms with Crippen LogP contribution in [-0.2, 0) is 0 Å². The van der Waals surface area contributed by atoms with E-state index in [4.69, 9.17) is 4.74 Å². The van der Waals surface area contributed by atoms with Crippen molar-refractivity contribution in [3.63, 3.8) is 0 Å². The standard InChI is InChI=1S/C23H15N3O5/c27-25(28)18-11-13-23(21(14-18)26(29)30)31-22-12-10-16-6-4-5-9-19(16)20(22)15-24-17-7-2-1-3-8-17/h1-15H. The van der Waals surface area contributed by atoms with Gasteiger partial charge in [-0.3, -0.25) is 25.2 Å². The third-order valence-electron chi connectivity index (χ3n) is 4.60. The number of aliphatic imine (C=N–C) groups is 1. The summed E-state index contributed by atoms with van der Waals surface area (Å²) in [4.78, 5) is 25.6. The lowest BCUT2D eigenvalue weighted by Crippen LogP contribution is -1.98. The predicted octanol–water partition coefficient (Wildman–Crippen LogP) is 6.20. The Kier molecular flexibility index (Phi) is 5.35. The van der Waals surface area contributed by atoms with Gasteiger partial charge in [-0.1, -0.05) is 48.5 Å². The Morgan fingerprint density at radius 3 is 2.23 bits per heavy atom. The molecule has 0 amide bonds. The first kappa shape index (κ1) is 19.7. The minimum absolute atomic E-state index is 0.0970. The quantitative estimate of drug-likeness (QED) is 0.212. The van der Waals surface area contributed by atoms with E-state index in [0.717, 1.165) is 22.5 Å². The van der Waals surface area contributed by atoms with Crippen LogP contribution in [0, 0.1) is 20.2 Å². The maximum Gasteiger partial charge on any atom is 0.318 e. The number of non-ortho nitro benzene ring substituents is 1. The zero-order valence-corrected chi connectivity index (χ0v) is 16.0. The summed E-state index contributed by atoms with van der Waals surface area (Å²) in [5.74, 6) is 0.246. The molecule has 0 spiro atoms. The topological polar surface area (TPSA) is 108 Å². The molecule has 4 rings (SSSR count). The molecule has 0 saturated carbocycles. The minimum atomic E-state index is -0.707. The van der Waals surface area contributed by atoms with Crippen molar-refractivity contribution in [3.05, 3.63) is 111 Å². The highest BCUT2D eigenvalue weighted by Crippen LogP contribution is 2.37. The summed E-state index contributed by atoms with van der Waals surface area (Å²) in [5, 5.41) is 24.3. The Morgan fingerprint density at radius 1 is 0.774 bits per heavy atom. The minimum Gasteiger partial charge on any atom is -0.449 e. The molecule has 4 aromatic rings. The van der Waals surface area contributed by atoms with Crippen molar-refractivity contribution in [3.8, 4) is 11.5 Å². The summed E-state index contributed by atoms with van der Waals surface area (Å²) >= 11 is 0. The molecule has 8 heteroatoms. The third kappa shape index (κ3) is 4.23. The number of benzene rings is 4. The van der Waals surface area contributed by atoms with E-state index in [-0.39, 0.29) is 11.4 Å². The first-order valence-corrected chi connectivity index (χ1v) is 9.24. The fraction of sp³-hybridized carbons (Fsp3) is 0. The van der Waals surface area contributed by atoms with E-state index in [1.807, 2.05) is 60.7 Å². The maximum absolute atomic E-state index is 11.5. The van der Waals surface area contributed by atoms with Gasteiger partial charge in [0.25, 0.3) is 5.69 Å². The number of ether oxygens (including phenoxy) is 1. The molecule has 0 heterocycles. The Morgan fingerprint density at radius 2 is 1.48 bits per heavy atom. The van der Waals surface area contributed by atoms with Gasteiger partial charge in [0, 0.05) is 17.8 Å². The molecule has 0 saturated heterocycles. The molecule has 0 aliphatic heterocycles. The van der Waals surface area contributed by atoms with Gasteiger partial charge in [-0.05, 0) is 35.0 Å². The maximum atomic E-state index is 11.5. The summed E-state index contributed by atoms with van der Waals surface area (Å²) in [6.07, 6.45) is 1.64. The highest BCUT2D eigenvalue weighted by molar-refractivity contribution is 6.03. The molecule has 0 aliphatic rings. The molecule has 0 bridgehead atoms. The molecular formula is C23H15N3O5. The highest BCUT2D eigenvalue weighted by atomic mass is 16.6. The normalized spacial score (nSPS) is 11.0. The molecule has 152 valence electrons. The molecule has 0 aliphatic carbocycles. The smallest absolute Gasteiger partial charge is 0.318 e. The van der Waals surface area contributed by atoms with Crippen LogP contribution < -0.4 is 4.74 Å². The zero-order valence-electron chi connectivity index (χ0n) is 16.0. The van der Waals surface area contributed by atoms with Crippen molar-refractivity contribution in [1.82, 2.24) is 0 Å². The van der Waals surface area contributed by atoms with Gasteiger partial charge in [0.2, 0.25) is 5.75 Å². The van der Waals surface area contributed by atoms with E-state index in [0.29, 0.717) is 11.3 Å². The lowest BCUT2D eigenvalue weighted by molar-refractivity contribution is -0.394. The second kappa shape index (κ2) is 8.42. The number of fused-ring (bicyclic) bond motifs is 1. The molecule has 0 N–H and O–H groups in total. The number of hydrogen-bond acceptors (Lipinski definition) is 6. The summed E-state index contributed by atoms with van der Waals surface area (Å²) < 4.78 is 5.88. The SMILES string of the molecule is O=[N+]([O-])c1ccc(Oc2ccc3ccccc3c2C=Nc2ccccc2)c([N+](=O)[O-])c1. The Bertz CT molecular complexity index is 1320. The summed E-state index contributed by atoms with van der Waals surface area (Å²) in [7, 11) is 0. The molecule has 4 aromatic carbocycles. The zero-order chi connectivity index (χ0) is 21.8. The number of rotatable bonds is 6. The van der Waals surface area contributed by atoms with Crippen LogP contribution in [0.25, 0.3) is 10.8 Å². The molecule has 0 atom stereocenters. The number of nitrogens with zero attached hydrogens (tertiary/aromatic N) is 3. The average Bonchev–Trinajstić information content (AvgIpc) is 2.79. The van der Waals surface area contributed by atoms with E-state index in [1.165, 1.54) is 12.1 Å². The number of para-hydroxylation sites is 1. The van der Waals surface area contributed by atoms with Gasteiger partial charge in [0.15, 0.2) is 0 Å². The lowest BCUT2D eigenvalue weighted by Gasteiger charge is -2.11. The highest BCUT2D eigenvalue weighted by Gasteiger charge is 2.22. The van der Waals surface area contributed by atoms with E-state index in [1.54, 1.807) is 12.3 Å². The summed E-state index contributed by atoms with van der Waals surface area (Å²) in [5.41, 5.74) is 0.494. The Labute approximate surface area is 176 Å². The van der Waals surface area contributed by atoms with E-state index < -0.39 is 15.5 Å². The van der Waals surface area contributed by atoms with Crippen LogP contribution in [-0.4, -0.2) is 16.1 Å². The first-order valence-electron chi connectivity index (χ1n) is 9.24. The van der Waals surface area contributed by atoms with Crippen LogP contribution in [0.1, 0.15) is 5.56 Å². The van der Waals surface area contributed by atoms with Crippen LogP contribution in [0.15, 0.2) is 89.9 Å². The molecule has 31 heavy (non-hydrogen) atoms. The van der Waals surface area contributed by atoms with Crippen molar-refractivity contribution >= 4 is 34.0 Å². The van der Waals surface area contributed by atoms with Gasteiger partial charge in [0.05, 0.1) is 21.6 Å². The average molecular weight is 413 g/mol. The molecule has 0 fully saturated rings. The van der Waals surface area contributed by atoms with Gasteiger partial charge in [0.1, 0.15) is 5.75 Å². The molecule has 0 radical (unpaired) electrons. The van der Waals surface area contributed by atoms with Gasteiger partial charge in [-0.25, -0.2) is 0 Å². The monoisotopic (exact) mass is 413 g/mol. The molecular weight excluding hydrogens is 398 g/mol. The Hall–Kier alpha value is -4.59. The Balaban J connectivity index is 1.82. The fourth-order valence-electron chi connectivity index (χ4n) is 3.12. The largest absolute Gasteiger partial charge is 0.449 e. The van der Waals surface area contributed by atoms with E-state index in [2.05, 4.69) is 4.99 Å². The number of nitro benzene ring substituents is 2. The second-order valence-corrected chi connectivity index (χ2v) is 6.56.